The number of nitrogens with one attached hydrogen (secondary N) is 2. The number of amides is 2. The summed E-state index contributed by atoms with van der Waals surface area (Å²) in [4.78, 5) is 41.5. The average Bonchev–Trinajstić information content (AvgIpc) is 3.31. The van der Waals surface area contributed by atoms with Crippen LogP contribution >= 0.6 is 34.8 Å². The van der Waals surface area contributed by atoms with Crippen molar-refractivity contribution in [1.29, 1.82) is 0 Å². The number of anilines is 1. The molecule has 2 N–H and O–H groups in total. The number of carbonyl (C=O) groups excluding carboxylic acids is 3. The molecule has 8 nitrogen and oxygen atoms in total. The third-order valence-corrected chi connectivity index (χ3v) is 6.06. The van der Waals surface area contributed by atoms with Crippen LogP contribution in [0.3, 0.4) is 0 Å². The van der Waals surface area contributed by atoms with E-state index in [4.69, 9.17) is 44.4 Å². The molecule has 0 fully saturated rings. The van der Waals surface area contributed by atoms with E-state index in [1.807, 2.05) is 6.07 Å². The van der Waals surface area contributed by atoms with Crippen molar-refractivity contribution in [2.75, 3.05) is 12.4 Å². The highest BCUT2D eigenvalue weighted by atomic mass is 35.5. The molecule has 1 aliphatic heterocycles. The van der Waals surface area contributed by atoms with Crippen LogP contribution in [0.4, 0.5) is 5.69 Å². The lowest BCUT2D eigenvalue weighted by atomic mass is 9.95. The van der Waals surface area contributed by atoms with Crippen LogP contribution < -0.4 is 10.6 Å². The second-order valence-electron chi connectivity index (χ2n) is 8.13. The van der Waals surface area contributed by atoms with E-state index in [2.05, 4.69) is 15.8 Å². The third-order valence-electron chi connectivity index (χ3n) is 5.35. The molecule has 35 heavy (non-hydrogen) atoms. The smallest absolute Gasteiger partial charge is 0.328 e. The maximum absolute atomic E-state index is 13.1. The Bertz CT molecular complexity index is 1150. The standard InChI is InChI=1S/C24H24Cl3N3O5/c1-12(2)20(24(33)34-3)29-22(31)15-8-5-9-16(25)19(15)17-11-18(35-30-17)13-6-4-7-14(10-13)28-23(32)21(26)27/h4-10,12,18,20-21H,11H2,1-3H3,(H,28,32)(H,29,31)/t18?,20-/m1/s1. The fourth-order valence-corrected chi connectivity index (χ4v) is 3.96. The van der Waals surface area contributed by atoms with Gasteiger partial charge < -0.3 is 20.2 Å². The molecule has 2 aromatic carbocycles. The van der Waals surface area contributed by atoms with Gasteiger partial charge in [0.05, 0.1) is 23.4 Å². The summed E-state index contributed by atoms with van der Waals surface area (Å²) in [5.74, 6) is -1.77. The molecule has 1 aliphatic rings. The van der Waals surface area contributed by atoms with Crippen LogP contribution in [0.5, 0.6) is 0 Å². The Morgan fingerprint density at radius 1 is 1.14 bits per heavy atom. The van der Waals surface area contributed by atoms with Crippen molar-refractivity contribution >= 4 is 64.0 Å². The first-order valence-corrected chi connectivity index (χ1v) is 12.0. The van der Waals surface area contributed by atoms with Crippen molar-refractivity contribution < 1.29 is 24.0 Å². The molecule has 0 aliphatic carbocycles. The lowest BCUT2D eigenvalue weighted by Gasteiger charge is -2.20. The summed E-state index contributed by atoms with van der Waals surface area (Å²) in [6.07, 6.45) is -0.157. The SMILES string of the molecule is COC(=O)[C@H](NC(=O)c1cccc(Cl)c1C1=NOC(c2cccc(NC(=O)C(Cl)Cl)c2)C1)C(C)C. The largest absolute Gasteiger partial charge is 0.467 e. The Kier molecular flexibility index (Phi) is 8.99. The van der Waals surface area contributed by atoms with Gasteiger partial charge in [0.25, 0.3) is 11.8 Å². The fourth-order valence-electron chi connectivity index (χ4n) is 3.57. The maximum atomic E-state index is 13.1. The van der Waals surface area contributed by atoms with Gasteiger partial charge in [0.2, 0.25) is 0 Å². The summed E-state index contributed by atoms with van der Waals surface area (Å²) in [6, 6.07) is 11.1. The number of carbonyl (C=O) groups is 3. The first-order valence-electron chi connectivity index (χ1n) is 10.7. The zero-order valence-corrected chi connectivity index (χ0v) is 21.4. The monoisotopic (exact) mass is 539 g/mol. The van der Waals surface area contributed by atoms with E-state index >= 15 is 0 Å². The Labute approximate surface area is 217 Å². The summed E-state index contributed by atoms with van der Waals surface area (Å²) in [6.45, 7) is 3.61. The van der Waals surface area contributed by atoms with Gasteiger partial charge in [-0.1, -0.05) is 72.0 Å². The van der Waals surface area contributed by atoms with E-state index in [0.717, 1.165) is 5.56 Å². The van der Waals surface area contributed by atoms with Gasteiger partial charge in [-0.2, -0.15) is 0 Å². The van der Waals surface area contributed by atoms with Crippen molar-refractivity contribution in [3.63, 3.8) is 0 Å². The topological polar surface area (TPSA) is 106 Å². The summed E-state index contributed by atoms with van der Waals surface area (Å²) >= 11 is 17.7. The van der Waals surface area contributed by atoms with Crippen LogP contribution in [-0.2, 0) is 19.2 Å². The van der Waals surface area contributed by atoms with Crippen molar-refractivity contribution in [2.45, 2.75) is 37.3 Å². The second kappa shape index (κ2) is 11.7. The molecule has 0 spiro atoms. The van der Waals surface area contributed by atoms with Gasteiger partial charge in [-0.05, 0) is 35.7 Å². The summed E-state index contributed by atoms with van der Waals surface area (Å²) in [5, 5.41) is 9.84. The number of ether oxygens (including phenoxy) is 1. The van der Waals surface area contributed by atoms with Crippen molar-refractivity contribution in [2.24, 2.45) is 11.1 Å². The number of benzene rings is 2. The lowest BCUT2D eigenvalue weighted by molar-refractivity contribution is -0.144. The highest BCUT2D eigenvalue weighted by Gasteiger charge is 2.31. The molecular weight excluding hydrogens is 517 g/mol. The Morgan fingerprint density at radius 3 is 2.51 bits per heavy atom. The number of nitrogens with zero attached hydrogens (tertiary/aromatic N) is 1. The first-order chi connectivity index (χ1) is 16.6. The van der Waals surface area contributed by atoms with E-state index in [-0.39, 0.29) is 11.5 Å². The maximum Gasteiger partial charge on any atom is 0.328 e. The summed E-state index contributed by atoms with van der Waals surface area (Å²) in [5.41, 5.74) is 2.38. The zero-order chi connectivity index (χ0) is 25.7. The van der Waals surface area contributed by atoms with Gasteiger partial charge in [0, 0.05) is 17.7 Å². The normalized spacial score (nSPS) is 15.9. The Morgan fingerprint density at radius 2 is 1.86 bits per heavy atom. The van der Waals surface area contributed by atoms with Crippen molar-refractivity contribution in [3.05, 3.63) is 64.2 Å². The number of rotatable bonds is 8. The minimum absolute atomic E-state index is 0.189. The number of methoxy groups -OCH3 is 1. The van der Waals surface area contributed by atoms with Gasteiger partial charge in [0.1, 0.15) is 6.04 Å². The van der Waals surface area contributed by atoms with Gasteiger partial charge in [-0.15, -0.1) is 0 Å². The number of alkyl halides is 2. The molecule has 11 heteroatoms. The molecule has 2 amide bonds. The van der Waals surface area contributed by atoms with Crippen LogP contribution in [0.15, 0.2) is 47.6 Å². The van der Waals surface area contributed by atoms with Crippen LogP contribution in [0.25, 0.3) is 0 Å². The highest BCUT2D eigenvalue weighted by Crippen LogP contribution is 2.34. The molecule has 1 heterocycles. The van der Waals surface area contributed by atoms with Gasteiger partial charge >= 0.3 is 5.97 Å². The Balaban J connectivity index is 1.82. The predicted octanol–water partition coefficient (Wildman–Crippen LogP) is 4.88. The molecule has 2 atom stereocenters. The van der Waals surface area contributed by atoms with Gasteiger partial charge in [-0.3, -0.25) is 9.59 Å². The van der Waals surface area contributed by atoms with Gasteiger partial charge in [0.15, 0.2) is 10.9 Å². The van der Waals surface area contributed by atoms with E-state index < -0.39 is 34.8 Å². The molecule has 0 saturated heterocycles. The van der Waals surface area contributed by atoms with Crippen molar-refractivity contribution in [3.8, 4) is 0 Å². The molecule has 0 aromatic heterocycles. The molecule has 0 bridgehead atoms. The van der Waals surface area contributed by atoms with Crippen LogP contribution in [0, 0.1) is 5.92 Å². The molecule has 3 rings (SSSR count). The fraction of sp³-hybridized carbons (Fsp3) is 0.333. The number of hydrogen-bond acceptors (Lipinski definition) is 6. The van der Waals surface area contributed by atoms with E-state index in [1.54, 1.807) is 50.2 Å². The van der Waals surface area contributed by atoms with Crippen molar-refractivity contribution in [1.82, 2.24) is 5.32 Å². The van der Waals surface area contributed by atoms with Crippen LogP contribution in [0.2, 0.25) is 5.02 Å². The minimum atomic E-state index is -1.20. The second-order valence-corrected chi connectivity index (χ2v) is 9.64. The number of esters is 1. The lowest BCUT2D eigenvalue weighted by Crippen LogP contribution is -2.45. The number of halogens is 3. The molecule has 0 saturated carbocycles. The summed E-state index contributed by atoms with van der Waals surface area (Å²) < 4.78 is 4.81. The first kappa shape index (κ1) is 26.8. The Hall–Kier alpha value is -2.81. The zero-order valence-electron chi connectivity index (χ0n) is 19.2. The van der Waals surface area contributed by atoms with Crippen LogP contribution in [-0.4, -0.2) is 41.5 Å². The van der Waals surface area contributed by atoms with Gasteiger partial charge in [-0.25, -0.2) is 4.79 Å². The van der Waals surface area contributed by atoms with E-state index in [9.17, 15) is 14.4 Å². The molecular formula is C24H24Cl3N3O5. The minimum Gasteiger partial charge on any atom is -0.467 e. The van der Waals surface area contributed by atoms with E-state index in [1.165, 1.54) is 7.11 Å². The third kappa shape index (κ3) is 6.45. The quantitative estimate of drug-likeness (QED) is 0.367. The molecule has 186 valence electrons. The molecule has 1 unspecified atom stereocenters. The number of hydrogen-bond donors (Lipinski definition) is 2. The average molecular weight is 541 g/mol. The predicted molar refractivity (Wildman–Crippen MR) is 135 cm³/mol. The number of oxime groups is 1. The van der Waals surface area contributed by atoms with Crippen LogP contribution in [0.1, 0.15) is 47.9 Å². The summed E-state index contributed by atoms with van der Waals surface area (Å²) in [7, 11) is 1.27. The molecule has 0 radical (unpaired) electrons. The molecule has 2 aromatic rings. The van der Waals surface area contributed by atoms with E-state index in [0.29, 0.717) is 28.4 Å². The highest BCUT2D eigenvalue weighted by molar-refractivity contribution is 6.54.